The van der Waals surface area contributed by atoms with Crippen molar-refractivity contribution in [2.24, 2.45) is 12.8 Å². The first kappa shape index (κ1) is 15.0. The molecule has 2 heterocycles. The van der Waals surface area contributed by atoms with Crippen molar-refractivity contribution in [2.45, 2.75) is 32.4 Å². The largest absolute Gasteiger partial charge is 0.340 e. The first-order chi connectivity index (χ1) is 9.52. The van der Waals surface area contributed by atoms with E-state index in [2.05, 4.69) is 16.9 Å². The van der Waals surface area contributed by atoms with Crippen LogP contribution in [-0.4, -0.2) is 57.7 Å². The maximum Gasteiger partial charge on any atom is 0.219 e. The number of piperazine rings is 1. The number of nitrogens with zero attached hydrogens (tertiary/aromatic N) is 4. The summed E-state index contributed by atoms with van der Waals surface area (Å²) in [7, 11) is 1.92. The average Bonchev–Trinajstić information content (AvgIpc) is 2.85. The fourth-order valence-corrected chi connectivity index (χ4v) is 2.86. The second-order valence-corrected chi connectivity index (χ2v) is 5.51. The van der Waals surface area contributed by atoms with Gasteiger partial charge < -0.3 is 10.6 Å². The van der Waals surface area contributed by atoms with E-state index in [-0.39, 0.29) is 18.0 Å². The van der Waals surface area contributed by atoms with Crippen molar-refractivity contribution >= 4 is 5.91 Å². The molecule has 2 rings (SSSR count). The summed E-state index contributed by atoms with van der Waals surface area (Å²) in [6.07, 6.45) is 4.86. The van der Waals surface area contributed by atoms with Gasteiger partial charge in [-0.2, -0.15) is 5.10 Å². The smallest absolute Gasteiger partial charge is 0.219 e. The van der Waals surface area contributed by atoms with Crippen LogP contribution in [-0.2, 0) is 11.8 Å². The van der Waals surface area contributed by atoms with Gasteiger partial charge in [0.05, 0.1) is 12.2 Å². The molecule has 6 nitrogen and oxygen atoms in total. The Labute approximate surface area is 120 Å². The molecule has 0 aliphatic carbocycles. The van der Waals surface area contributed by atoms with Gasteiger partial charge in [0.15, 0.2) is 0 Å². The van der Waals surface area contributed by atoms with E-state index in [9.17, 15) is 4.79 Å². The molecule has 0 saturated carbocycles. The minimum Gasteiger partial charge on any atom is -0.340 e. The van der Waals surface area contributed by atoms with Crippen LogP contribution in [0.2, 0.25) is 0 Å². The average molecular weight is 279 g/mol. The second-order valence-electron chi connectivity index (χ2n) is 5.51. The van der Waals surface area contributed by atoms with Crippen LogP contribution in [0.3, 0.4) is 0 Å². The van der Waals surface area contributed by atoms with Crippen LogP contribution in [0, 0.1) is 0 Å². The minimum atomic E-state index is 0.0862. The summed E-state index contributed by atoms with van der Waals surface area (Å²) >= 11 is 0. The highest BCUT2D eigenvalue weighted by Gasteiger charge is 2.30. The molecule has 2 N–H and O–H groups in total. The maximum atomic E-state index is 11.4. The van der Waals surface area contributed by atoms with Gasteiger partial charge in [-0.3, -0.25) is 14.4 Å². The first-order valence-corrected chi connectivity index (χ1v) is 7.26. The number of carbonyl (C=O) groups is 1. The quantitative estimate of drug-likeness (QED) is 0.864. The molecule has 1 fully saturated rings. The second kappa shape index (κ2) is 6.37. The third-order valence-electron chi connectivity index (χ3n) is 4.10. The van der Waals surface area contributed by atoms with Gasteiger partial charge in [-0.25, -0.2) is 0 Å². The Kier molecular flexibility index (Phi) is 4.77. The highest BCUT2D eigenvalue weighted by atomic mass is 16.2. The molecular weight excluding hydrogens is 254 g/mol. The van der Waals surface area contributed by atoms with Gasteiger partial charge in [0.25, 0.3) is 0 Å². The van der Waals surface area contributed by atoms with Gasteiger partial charge in [0, 0.05) is 58.0 Å². The molecule has 20 heavy (non-hydrogen) atoms. The van der Waals surface area contributed by atoms with E-state index < -0.39 is 0 Å². The summed E-state index contributed by atoms with van der Waals surface area (Å²) in [6.45, 7) is 7.04. The summed E-state index contributed by atoms with van der Waals surface area (Å²) in [6, 6.07) is 0.269. The molecule has 1 aliphatic heterocycles. The van der Waals surface area contributed by atoms with Gasteiger partial charge in [0.2, 0.25) is 5.91 Å². The van der Waals surface area contributed by atoms with Crippen LogP contribution < -0.4 is 5.73 Å². The van der Waals surface area contributed by atoms with Crippen LogP contribution in [0.1, 0.15) is 31.9 Å². The molecule has 6 heteroatoms. The molecule has 112 valence electrons. The van der Waals surface area contributed by atoms with Crippen LogP contribution in [0.4, 0.5) is 0 Å². The van der Waals surface area contributed by atoms with Crippen molar-refractivity contribution < 1.29 is 4.79 Å². The van der Waals surface area contributed by atoms with Crippen LogP contribution in [0.25, 0.3) is 0 Å². The molecule has 2 atom stereocenters. The lowest BCUT2D eigenvalue weighted by Gasteiger charge is -2.40. The Morgan fingerprint density at radius 3 is 2.50 bits per heavy atom. The predicted octanol–water partition coefficient (Wildman–Crippen LogP) is 0.363. The molecule has 1 amide bonds. The summed E-state index contributed by atoms with van der Waals surface area (Å²) < 4.78 is 1.82. The Morgan fingerprint density at radius 2 is 2.05 bits per heavy atom. The van der Waals surface area contributed by atoms with Crippen molar-refractivity contribution in [3.63, 3.8) is 0 Å². The highest BCUT2D eigenvalue weighted by Crippen LogP contribution is 2.25. The molecule has 1 aromatic rings. The number of aromatic nitrogens is 2. The zero-order chi connectivity index (χ0) is 14.7. The van der Waals surface area contributed by atoms with E-state index in [1.54, 1.807) is 6.92 Å². The number of carbonyl (C=O) groups excluding carboxylic acids is 1. The summed E-state index contributed by atoms with van der Waals surface area (Å²) in [5.41, 5.74) is 7.49. The minimum absolute atomic E-state index is 0.0862. The summed E-state index contributed by atoms with van der Waals surface area (Å²) in [5, 5.41) is 4.26. The molecule has 2 unspecified atom stereocenters. The molecule has 0 aromatic carbocycles. The van der Waals surface area contributed by atoms with E-state index in [1.165, 1.54) is 0 Å². The third-order valence-corrected chi connectivity index (χ3v) is 4.10. The SMILES string of the molecule is CCC(N)C(c1cnn(C)c1)N1CCN(C(C)=O)CC1. The van der Waals surface area contributed by atoms with Crippen molar-refractivity contribution in [1.29, 1.82) is 0 Å². The van der Waals surface area contributed by atoms with Crippen molar-refractivity contribution in [3.8, 4) is 0 Å². The standard InChI is InChI=1S/C14H25N5O/c1-4-13(15)14(12-9-16-17(3)10-12)19-7-5-18(6-8-19)11(2)20/h9-10,13-14H,4-8,15H2,1-3H3. The normalized spacial score (nSPS) is 19.9. The van der Waals surface area contributed by atoms with Gasteiger partial charge >= 0.3 is 0 Å². The Bertz CT molecular complexity index is 450. The number of amides is 1. The van der Waals surface area contributed by atoms with E-state index in [0.717, 1.165) is 38.2 Å². The van der Waals surface area contributed by atoms with Crippen molar-refractivity contribution in [3.05, 3.63) is 18.0 Å². The molecule has 1 aliphatic rings. The van der Waals surface area contributed by atoms with Crippen LogP contribution in [0.15, 0.2) is 12.4 Å². The Morgan fingerprint density at radius 1 is 1.40 bits per heavy atom. The maximum absolute atomic E-state index is 11.4. The number of nitrogens with two attached hydrogens (primary N) is 1. The van der Waals surface area contributed by atoms with Gasteiger partial charge in [0.1, 0.15) is 0 Å². The Balaban J connectivity index is 2.11. The molecule has 1 aromatic heterocycles. The fourth-order valence-electron chi connectivity index (χ4n) is 2.86. The molecule has 0 bridgehead atoms. The highest BCUT2D eigenvalue weighted by molar-refractivity contribution is 5.73. The summed E-state index contributed by atoms with van der Waals surface area (Å²) in [5.74, 6) is 0.155. The predicted molar refractivity (Wildman–Crippen MR) is 78.0 cm³/mol. The number of hydrogen-bond donors (Lipinski definition) is 1. The monoisotopic (exact) mass is 279 g/mol. The van der Waals surface area contributed by atoms with E-state index in [4.69, 9.17) is 5.73 Å². The lowest BCUT2D eigenvalue weighted by atomic mass is 9.98. The van der Waals surface area contributed by atoms with E-state index in [1.807, 2.05) is 29.0 Å². The number of rotatable bonds is 4. The van der Waals surface area contributed by atoms with Crippen molar-refractivity contribution in [2.75, 3.05) is 26.2 Å². The summed E-state index contributed by atoms with van der Waals surface area (Å²) in [4.78, 5) is 15.7. The van der Waals surface area contributed by atoms with Crippen LogP contribution in [0.5, 0.6) is 0 Å². The molecule has 0 spiro atoms. The molecule has 1 saturated heterocycles. The zero-order valence-corrected chi connectivity index (χ0v) is 12.6. The third kappa shape index (κ3) is 3.19. The molecular formula is C14H25N5O. The van der Waals surface area contributed by atoms with Crippen LogP contribution >= 0.6 is 0 Å². The Hall–Kier alpha value is -1.40. The topological polar surface area (TPSA) is 67.4 Å². The lowest BCUT2D eigenvalue weighted by Crippen LogP contribution is -2.52. The molecule has 0 radical (unpaired) electrons. The zero-order valence-electron chi connectivity index (χ0n) is 12.6. The first-order valence-electron chi connectivity index (χ1n) is 7.26. The lowest BCUT2D eigenvalue weighted by molar-refractivity contribution is -0.130. The van der Waals surface area contributed by atoms with E-state index in [0.29, 0.717) is 0 Å². The van der Waals surface area contributed by atoms with Gasteiger partial charge in [-0.05, 0) is 6.42 Å². The van der Waals surface area contributed by atoms with E-state index >= 15 is 0 Å². The number of hydrogen-bond acceptors (Lipinski definition) is 4. The van der Waals surface area contributed by atoms with Crippen molar-refractivity contribution in [1.82, 2.24) is 19.6 Å². The fraction of sp³-hybridized carbons (Fsp3) is 0.714. The van der Waals surface area contributed by atoms with Gasteiger partial charge in [-0.15, -0.1) is 0 Å². The number of aryl methyl sites for hydroxylation is 1. The van der Waals surface area contributed by atoms with Gasteiger partial charge in [-0.1, -0.05) is 6.92 Å².